The van der Waals surface area contributed by atoms with Crippen LogP contribution in [0.15, 0.2) is 42.9 Å². The van der Waals surface area contributed by atoms with Crippen LogP contribution in [-0.2, 0) is 11.3 Å². The third-order valence-corrected chi connectivity index (χ3v) is 5.20. The first-order chi connectivity index (χ1) is 13.8. The molecule has 2 aromatic rings. The number of nitrogens with one attached hydrogen (secondary N) is 1. The van der Waals surface area contributed by atoms with Crippen molar-refractivity contribution < 1.29 is 9.53 Å². The second-order valence-corrected chi connectivity index (χ2v) is 6.92. The zero-order valence-electron chi connectivity index (χ0n) is 16.0. The summed E-state index contributed by atoms with van der Waals surface area (Å²) < 4.78 is 5.43. The fraction of sp³-hybridized carbons (Fsp3) is 0.450. The monoisotopic (exact) mass is 382 g/mol. The van der Waals surface area contributed by atoms with Gasteiger partial charge < -0.3 is 24.8 Å². The molecular formula is C20H26N6O2. The molecule has 1 N–H and O–H groups in total. The van der Waals surface area contributed by atoms with Crippen LogP contribution in [0.2, 0.25) is 0 Å². The fourth-order valence-corrected chi connectivity index (χ4v) is 3.63. The summed E-state index contributed by atoms with van der Waals surface area (Å²) in [7, 11) is 0. The normalized spacial score (nSPS) is 17.5. The Hall–Kier alpha value is -2.87. The lowest BCUT2D eigenvalue weighted by atomic mass is 10.2. The van der Waals surface area contributed by atoms with Crippen LogP contribution < -0.4 is 15.1 Å². The van der Waals surface area contributed by atoms with E-state index >= 15 is 0 Å². The van der Waals surface area contributed by atoms with E-state index in [1.165, 1.54) is 0 Å². The van der Waals surface area contributed by atoms with E-state index in [-0.39, 0.29) is 6.03 Å². The van der Waals surface area contributed by atoms with E-state index in [1.807, 2.05) is 29.2 Å². The van der Waals surface area contributed by atoms with E-state index in [9.17, 15) is 4.79 Å². The number of amides is 2. The number of hydrogen-bond donors (Lipinski definition) is 1. The van der Waals surface area contributed by atoms with E-state index in [0.717, 1.165) is 43.2 Å². The molecule has 2 fully saturated rings. The van der Waals surface area contributed by atoms with Crippen LogP contribution in [-0.4, -0.2) is 73.4 Å². The number of nitrogens with zero attached hydrogens (tertiary/aromatic N) is 5. The number of aromatic nitrogens is 2. The number of urea groups is 1. The average Bonchev–Trinajstić information content (AvgIpc) is 2.79. The molecule has 2 aromatic heterocycles. The maximum absolute atomic E-state index is 12.6. The Bertz CT molecular complexity index is 773. The topological polar surface area (TPSA) is 73.8 Å². The minimum absolute atomic E-state index is 0.0221. The molecule has 8 nitrogen and oxygen atoms in total. The van der Waals surface area contributed by atoms with Gasteiger partial charge in [0.15, 0.2) is 0 Å². The first kappa shape index (κ1) is 18.5. The minimum atomic E-state index is -0.0221. The van der Waals surface area contributed by atoms with Gasteiger partial charge in [-0.3, -0.25) is 4.98 Å². The number of morpholine rings is 1. The minimum Gasteiger partial charge on any atom is -0.378 e. The van der Waals surface area contributed by atoms with Gasteiger partial charge in [0.25, 0.3) is 0 Å². The van der Waals surface area contributed by atoms with Gasteiger partial charge in [-0.25, -0.2) is 9.78 Å². The van der Waals surface area contributed by atoms with Crippen molar-refractivity contribution in [2.24, 2.45) is 0 Å². The molecule has 2 saturated heterocycles. The van der Waals surface area contributed by atoms with E-state index in [4.69, 9.17) is 4.74 Å². The van der Waals surface area contributed by atoms with Gasteiger partial charge in [-0.05, 0) is 18.2 Å². The van der Waals surface area contributed by atoms with Crippen molar-refractivity contribution in [2.75, 3.05) is 62.3 Å². The van der Waals surface area contributed by atoms with Crippen molar-refractivity contribution >= 4 is 17.5 Å². The van der Waals surface area contributed by atoms with Gasteiger partial charge in [0, 0.05) is 75.7 Å². The van der Waals surface area contributed by atoms with Gasteiger partial charge in [-0.1, -0.05) is 6.07 Å². The summed E-state index contributed by atoms with van der Waals surface area (Å²) in [6.45, 7) is 6.61. The van der Waals surface area contributed by atoms with Crippen molar-refractivity contribution in [1.29, 1.82) is 0 Å². The highest BCUT2D eigenvalue weighted by molar-refractivity contribution is 5.74. The van der Waals surface area contributed by atoms with E-state index < -0.39 is 0 Å². The number of carbonyl (C=O) groups is 1. The Balaban J connectivity index is 1.31. The van der Waals surface area contributed by atoms with E-state index in [1.54, 1.807) is 18.6 Å². The number of pyridine rings is 2. The van der Waals surface area contributed by atoms with Crippen molar-refractivity contribution in [1.82, 2.24) is 20.2 Å². The summed E-state index contributed by atoms with van der Waals surface area (Å²) in [6.07, 6.45) is 5.40. The van der Waals surface area contributed by atoms with Crippen molar-refractivity contribution in [3.63, 3.8) is 0 Å². The molecule has 0 atom stereocenters. The summed E-state index contributed by atoms with van der Waals surface area (Å²) >= 11 is 0. The van der Waals surface area contributed by atoms with E-state index in [0.29, 0.717) is 32.8 Å². The number of piperazine rings is 1. The molecule has 148 valence electrons. The van der Waals surface area contributed by atoms with Crippen LogP contribution >= 0.6 is 0 Å². The largest absolute Gasteiger partial charge is 0.378 e. The summed E-state index contributed by atoms with van der Waals surface area (Å²) in [4.78, 5) is 27.6. The van der Waals surface area contributed by atoms with Crippen LogP contribution in [0.1, 0.15) is 5.56 Å². The van der Waals surface area contributed by atoms with Crippen molar-refractivity contribution in [3.8, 4) is 0 Å². The Morgan fingerprint density at radius 2 is 1.71 bits per heavy atom. The molecule has 0 spiro atoms. The zero-order valence-corrected chi connectivity index (χ0v) is 16.0. The molecule has 2 amide bonds. The summed E-state index contributed by atoms with van der Waals surface area (Å²) in [6, 6.07) is 7.93. The molecule has 0 aliphatic carbocycles. The van der Waals surface area contributed by atoms with Crippen molar-refractivity contribution in [2.45, 2.75) is 6.54 Å². The van der Waals surface area contributed by atoms with Crippen LogP contribution in [0.4, 0.5) is 16.3 Å². The van der Waals surface area contributed by atoms with Crippen molar-refractivity contribution in [3.05, 3.63) is 48.4 Å². The molecule has 0 bridgehead atoms. The fourth-order valence-electron chi connectivity index (χ4n) is 3.63. The van der Waals surface area contributed by atoms with Gasteiger partial charge in [-0.15, -0.1) is 0 Å². The summed E-state index contributed by atoms with van der Waals surface area (Å²) in [5.74, 6) is 0.939. The van der Waals surface area contributed by atoms with Gasteiger partial charge in [0.2, 0.25) is 0 Å². The third kappa shape index (κ3) is 4.33. The highest BCUT2D eigenvalue weighted by Crippen LogP contribution is 2.19. The van der Waals surface area contributed by atoms with Gasteiger partial charge in [0.1, 0.15) is 5.82 Å². The molecule has 0 saturated carbocycles. The lowest BCUT2D eigenvalue weighted by Crippen LogP contribution is -2.51. The Morgan fingerprint density at radius 1 is 0.964 bits per heavy atom. The lowest BCUT2D eigenvalue weighted by molar-refractivity contribution is 0.122. The maximum Gasteiger partial charge on any atom is 0.317 e. The molecule has 8 heteroatoms. The molecule has 4 rings (SSSR count). The Kier molecular flexibility index (Phi) is 5.86. The number of carbonyl (C=O) groups excluding carboxylic acids is 1. The quantitative estimate of drug-likeness (QED) is 0.860. The predicted molar refractivity (Wildman–Crippen MR) is 108 cm³/mol. The zero-order chi connectivity index (χ0) is 19.2. The van der Waals surface area contributed by atoms with Crippen LogP contribution in [0, 0.1) is 0 Å². The maximum atomic E-state index is 12.6. The molecule has 0 unspecified atom stereocenters. The summed E-state index contributed by atoms with van der Waals surface area (Å²) in [5, 5.41) is 3.06. The first-order valence-electron chi connectivity index (χ1n) is 9.75. The Labute approximate surface area is 165 Å². The first-order valence-corrected chi connectivity index (χ1v) is 9.75. The van der Waals surface area contributed by atoms with Crippen LogP contribution in [0.25, 0.3) is 0 Å². The molecule has 0 aromatic carbocycles. The molecule has 2 aliphatic rings. The second kappa shape index (κ2) is 8.88. The van der Waals surface area contributed by atoms with Gasteiger partial charge in [-0.2, -0.15) is 0 Å². The highest BCUT2D eigenvalue weighted by atomic mass is 16.5. The van der Waals surface area contributed by atoms with Crippen LogP contribution in [0.5, 0.6) is 0 Å². The lowest BCUT2D eigenvalue weighted by Gasteiger charge is -2.36. The van der Waals surface area contributed by atoms with Gasteiger partial charge in [0.05, 0.1) is 13.2 Å². The highest BCUT2D eigenvalue weighted by Gasteiger charge is 2.22. The van der Waals surface area contributed by atoms with E-state index in [2.05, 4.69) is 25.1 Å². The molecule has 4 heterocycles. The second-order valence-electron chi connectivity index (χ2n) is 6.92. The molecule has 2 aliphatic heterocycles. The number of anilines is 2. The number of rotatable bonds is 4. The number of ether oxygens (including phenoxy) is 1. The smallest absolute Gasteiger partial charge is 0.317 e. The summed E-state index contributed by atoms with van der Waals surface area (Å²) in [5.41, 5.74) is 2.19. The average molecular weight is 382 g/mol. The Morgan fingerprint density at radius 3 is 2.46 bits per heavy atom. The third-order valence-electron chi connectivity index (χ3n) is 5.20. The number of hydrogen-bond acceptors (Lipinski definition) is 6. The SMILES string of the molecule is O=C(NCc1cccnc1N1CCOCC1)N1CCN(c2ccncc2)CC1. The molecular weight excluding hydrogens is 356 g/mol. The molecule has 0 radical (unpaired) electrons. The van der Waals surface area contributed by atoms with Crippen LogP contribution in [0.3, 0.4) is 0 Å². The standard InChI is InChI=1S/C20H26N6O2/c27-20(26-10-8-24(9-11-26)18-3-6-21-7-4-18)23-16-17-2-1-5-22-19(17)25-12-14-28-15-13-25/h1-7H,8-16H2,(H,23,27). The van der Waals surface area contributed by atoms with Gasteiger partial charge >= 0.3 is 6.03 Å². The molecule has 28 heavy (non-hydrogen) atoms. The predicted octanol–water partition coefficient (Wildman–Crippen LogP) is 1.34.